The maximum absolute atomic E-state index is 12.6. The summed E-state index contributed by atoms with van der Waals surface area (Å²) in [6.07, 6.45) is 47.8. The van der Waals surface area contributed by atoms with Gasteiger partial charge < -0.3 is 20.1 Å². The minimum absolute atomic E-state index is 0.0528. The number of nitrogens with two attached hydrogens (primary N) is 1. The fourth-order valence-corrected chi connectivity index (χ4v) is 7.51. The number of esters is 2. The number of phosphoric ester groups is 1. The summed E-state index contributed by atoms with van der Waals surface area (Å²) < 4.78 is 32.8. The summed E-state index contributed by atoms with van der Waals surface area (Å²) in [7, 11) is -4.38. The average Bonchev–Trinajstić information content (AvgIpc) is 3.20. The molecule has 57 heavy (non-hydrogen) atoms. The topological polar surface area (TPSA) is 134 Å². The van der Waals surface area contributed by atoms with Crippen molar-refractivity contribution in [3.05, 3.63) is 24.3 Å². The lowest BCUT2D eigenvalue weighted by Crippen LogP contribution is -2.29. The monoisotopic (exact) mass is 828 g/mol. The van der Waals surface area contributed by atoms with E-state index in [9.17, 15) is 19.0 Å². The van der Waals surface area contributed by atoms with Crippen molar-refractivity contribution in [1.29, 1.82) is 0 Å². The highest BCUT2D eigenvalue weighted by Crippen LogP contribution is 2.43. The summed E-state index contributed by atoms with van der Waals surface area (Å²) in [4.78, 5) is 34.9. The van der Waals surface area contributed by atoms with Crippen molar-refractivity contribution in [3.63, 3.8) is 0 Å². The Balaban J connectivity index is 4.08. The number of rotatable bonds is 45. The van der Waals surface area contributed by atoms with Crippen LogP contribution in [0.5, 0.6) is 0 Å². The third kappa shape index (κ3) is 43.9. The number of allylic oxidation sites excluding steroid dienone is 4. The van der Waals surface area contributed by atoms with Crippen molar-refractivity contribution in [2.75, 3.05) is 26.4 Å². The van der Waals surface area contributed by atoms with Crippen LogP contribution in [0.15, 0.2) is 24.3 Å². The fourth-order valence-electron chi connectivity index (χ4n) is 6.74. The minimum Gasteiger partial charge on any atom is -0.462 e. The van der Waals surface area contributed by atoms with E-state index in [1.165, 1.54) is 148 Å². The lowest BCUT2D eigenvalue weighted by Gasteiger charge is -2.19. The van der Waals surface area contributed by atoms with E-state index in [1.807, 2.05) is 0 Å². The predicted molar refractivity (Wildman–Crippen MR) is 238 cm³/mol. The summed E-state index contributed by atoms with van der Waals surface area (Å²) in [5, 5.41) is 0. The van der Waals surface area contributed by atoms with Crippen LogP contribution in [0.1, 0.15) is 232 Å². The van der Waals surface area contributed by atoms with Crippen LogP contribution < -0.4 is 5.73 Å². The van der Waals surface area contributed by atoms with E-state index in [0.29, 0.717) is 12.8 Å². The molecule has 0 saturated heterocycles. The highest BCUT2D eigenvalue weighted by atomic mass is 31.2. The highest BCUT2D eigenvalue weighted by Gasteiger charge is 2.26. The summed E-state index contributed by atoms with van der Waals surface area (Å²) in [5.74, 6) is -0.839. The van der Waals surface area contributed by atoms with Gasteiger partial charge in [0.1, 0.15) is 6.61 Å². The Morgan fingerprint density at radius 2 is 0.860 bits per heavy atom. The molecule has 0 amide bonds. The van der Waals surface area contributed by atoms with Crippen LogP contribution in [-0.2, 0) is 32.7 Å². The first-order valence-corrected chi connectivity index (χ1v) is 25.3. The Morgan fingerprint density at radius 1 is 0.509 bits per heavy atom. The molecule has 1 unspecified atom stereocenters. The zero-order chi connectivity index (χ0) is 41.8. The summed E-state index contributed by atoms with van der Waals surface area (Å²) in [6, 6.07) is 0. The number of carbonyl (C=O) groups is 2. The molecular weight excluding hydrogens is 737 g/mol. The van der Waals surface area contributed by atoms with Gasteiger partial charge in [-0.25, -0.2) is 4.57 Å². The van der Waals surface area contributed by atoms with E-state index >= 15 is 0 Å². The maximum Gasteiger partial charge on any atom is 0.472 e. The first-order valence-electron chi connectivity index (χ1n) is 23.8. The van der Waals surface area contributed by atoms with E-state index in [0.717, 1.165) is 44.9 Å². The Morgan fingerprint density at radius 3 is 1.26 bits per heavy atom. The molecule has 10 heteroatoms. The lowest BCUT2D eigenvalue weighted by atomic mass is 10.0. The normalized spacial score (nSPS) is 13.4. The van der Waals surface area contributed by atoms with Crippen LogP contribution in [0, 0.1) is 0 Å². The second kappa shape index (κ2) is 44.1. The molecule has 3 N–H and O–H groups in total. The number of unbranched alkanes of at least 4 members (excludes halogenated alkanes) is 28. The van der Waals surface area contributed by atoms with Gasteiger partial charge in [-0.2, -0.15) is 0 Å². The molecule has 0 aromatic heterocycles. The number of phosphoric acid groups is 1. The molecule has 0 bridgehead atoms. The fraction of sp³-hybridized carbons (Fsp3) is 0.872. The van der Waals surface area contributed by atoms with E-state index in [2.05, 4.69) is 38.2 Å². The molecule has 336 valence electrons. The van der Waals surface area contributed by atoms with Crippen LogP contribution in [0.4, 0.5) is 0 Å². The van der Waals surface area contributed by atoms with Gasteiger partial charge >= 0.3 is 19.8 Å². The van der Waals surface area contributed by atoms with Crippen LogP contribution in [0.25, 0.3) is 0 Å². The van der Waals surface area contributed by atoms with Gasteiger partial charge in [-0.1, -0.05) is 179 Å². The minimum atomic E-state index is -4.38. The highest BCUT2D eigenvalue weighted by molar-refractivity contribution is 7.47. The second-order valence-electron chi connectivity index (χ2n) is 16.0. The van der Waals surface area contributed by atoms with Gasteiger partial charge in [0.15, 0.2) is 6.10 Å². The smallest absolute Gasteiger partial charge is 0.462 e. The number of ether oxygens (including phenoxy) is 2. The number of carbonyl (C=O) groups excluding carboxylic acids is 2. The van der Waals surface area contributed by atoms with E-state index < -0.39 is 32.5 Å². The second-order valence-corrected chi connectivity index (χ2v) is 17.4. The van der Waals surface area contributed by atoms with Crippen molar-refractivity contribution in [1.82, 2.24) is 0 Å². The van der Waals surface area contributed by atoms with Crippen LogP contribution >= 0.6 is 7.82 Å². The Bertz CT molecular complexity index is 990. The summed E-state index contributed by atoms with van der Waals surface area (Å²) in [5.41, 5.74) is 5.36. The van der Waals surface area contributed by atoms with Crippen molar-refractivity contribution >= 4 is 19.8 Å². The molecule has 0 rings (SSSR count). The zero-order valence-corrected chi connectivity index (χ0v) is 38.0. The summed E-state index contributed by atoms with van der Waals surface area (Å²) in [6.45, 7) is 3.74. The SMILES string of the molecule is CCCCCCCC/C=C/CCCCCCCCCCCCCC(=O)O[C@H](COC(=O)CCCCC/C=C/CCCCCCCCCC)COP(=O)(O)OCCN. The first kappa shape index (κ1) is 55.5. The lowest BCUT2D eigenvalue weighted by molar-refractivity contribution is -0.161. The molecular formula is C47H90NO8P. The van der Waals surface area contributed by atoms with E-state index in [4.69, 9.17) is 24.3 Å². The van der Waals surface area contributed by atoms with E-state index in [1.54, 1.807) is 0 Å². The van der Waals surface area contributed by atoms with Gasteiger partial charge in [-0.15, -0.1) is 0 Å². The Kier molecular flexibility index (Phi) is 42.9. The molecule has 0 aliphatic rings. The van der Waals surface area contributed by atoms with Gasteiger partial charge in [-0.05, 0) is 64.2 Å². The number of hydrogen-bond acceptors (Lipinski definition) is 8. The van der Waals surface area contributed by atoms with Gasteiger partial charge in [0, 0.05) is 19.4 Å². The van der Waals surface area contributed by atoms with Gasteiger partial charge in [0.05, 0.1) is 13.2 Å². The predicted octanol–water partition coefficient (Wildman–Crippen LogP) is 13.9. The molecule has 0 aliphatic carbocycles. The molecule has 0 heterocycles. The van der Waals surface area contributed by atoms with Crippen molar-refractivity contribution in [2.24, 2.45) is 5.73 Å². The maximum atomic E-state index is 12.6. The molecule has 2 atom stereocenters. The largest absolute Gasteiger partial charge is 0.472 e. The molecule has 0 saturated carbocycles. The molecule has 9 nitrogen and oxygen atoms in total. The van der Waals surface area contributed by atoms with Gasteiger partial charge in [0.25, 0.3) is 0 Å². The van der Waals surface area contributed by atoms with Gasteiger partial charge in [-0.3, -0.25) is 18.6 Å². The Labute approximate surface area is 351 Å². The van der Waals surface area contributed by atoms with Crippen LogP contribution in [-0.4, -0.2) is 49.3 Å². The van der Waals surface area contributed by atoms with Crippen LogP contribution in [0.3, 0.4) is 0 Å². The third-order valence-corrected chi connectivity index (χ3v) is 11.3. The molecule has 0 aliphatic heterocycles. The molecule has 0 aromatic rings. The quantitative estimate of drug-likeness (QED) is 0.0266. The van der Waals surface area contributed by atoms with Crippen molar-refractivity contribution < 1.29 is 37.6 Å². The van der Waals surface area contributed by atoms with Crippen LogP contribution in [0.2, 0.25) is 0 Å². The summed E-state index contributed by atoms with van der Waals surface area (Å²) >= 11 is 0. The molecule has 0 radical (unpaired) electrons. The Hall–Kier alpha value is -1.51. The average molecular weight is 828 g/mol. The van der Waals surface area contributed by atoms with Gasteiger partial charge in [0.2, 0.25) is 0 Å². The van der Waals surface area contributed by atoms with Crippen molar-refractivity contribution in [3.8, 4) is 0 Å². The molecule has 0 aromatic carbocycles. The standard InChI is InChI=1S/C47H90NO8P/c1-3-5-7-9-11-13-15-17-19-20-21-22-23-24-26-28-30-32-34-36-38-40-47(50)56-45(44-55-57(51,52)54-42-41-48)43-53-46(49)39-37-35-33-31-29-27-25-18-16-14-12-10-8-6-4-2/h17,19,27,29,45H,3-16,18,20-26,28,30-44,48H2,1-2H3,(H,51,52)/b19-17+,29-27+/t45-/m1/s1. The zero-order valence-electron chi connectivity index (χ0n) is 37.1. The van der Waals surface area contributed by atoms with Crippen molar-refractivity contribution in [2.45, 2.75) is 238 Å². The number of hydrogen-bond donors (Lipinski definition) is 2. The molecule has 0 spiro atoms. The molecule has 0 fully saturated rings. The third-order valence-electron chi connectivity index (χ3n) is 10.3. The van der Waals surface area contributed by atoms with E-state index in [-0.39, 0.29) is 32.6 Å². The first-order chi connectivity index (χ1) is 27.8.